The van der Waals surface area contributed by atoms with Crippen LogP contribution in [0.5, 0.6) is 0 Å². The number of fused-ring (bicyclic) bond motifs is 1. The maximum absolute atomic E-state index is 13.9. The highest BCUT2D eigenvalue weighted by Crippen LogP contribution is 2.27. The van der Waals surface area contributed by atoms with Crippen LogP contribution in [0, 0.1) is 5.82 Å². The molecule has 1 aromatic carbocycles. The molecule has 118 valence electrons. The zero-order chi connectivity index (χ0) is 15.6. The number of rotatable bonds is 3. The first-order valence-corrected chi connectivity index (χ1v) is 7.91. The molecule has 1 atom stereocenters. The van der Waals surface area contributed by atoms with E-state index in [-0.39, 0.29) is 11.9 Å². The van der Waals surface area contributed by atoms with Gasteiger partial charge in [0.1, 0.15) is 5.82 Å². The summed E-state index contributed by atoms with van der Waals surface area (Å²) < 4.78 is 13.9. The quantitative estimate of drug-likeness (QED) is 0.944. The van der Waals surface area contributed by atoms with Gasteiger partial charge < -0.3 is 5.01 Å². The Labute approximate surface area is 135 Å². The van der Waals surface area contributed by atoms with E-state index < -0.39 is 0 Å². The molecule has 4 rings (SSSR count). The predicted molar refractivity (Wildman–Crippen MR) is 86.6 cm³/mol. The fourth-order valence-corrected chi connectivity index (χ4v) is 3.21. The van der Waals surface area contributed by atoms with Crippen molar-refractivity contribution in [2.24, 2.45) is 0 Å². The van der Waals surface area contributed by atoms with Gasteiger partial charge in [0.2, 0.25) is 0 Å². The van der Waals surface area contributed by atoms with Gasteiger partial charge in [-0.2, -0.15) is 0 Å². The maximum Gasteiger partial charge on any atom is 0.146 e. The normalized spacial score (nSPS) is 21.2. The van der Waals surface area contributed by atoms with Crippen molar-refractivity contribution in [2.75, 3.05) is 19.6 Å². The van der Waals surface area contributed by atoms with Crippen LogP contribution in [0.3, 0.4) is 0 Å². The molecule has 0 aliphatic carbocycles. The third-order valence-electron chi connectivity index (χ3n) is 4.36. The summed E-state index contributed by atoms with van der Waals surface area (Å²) in [4.78, 5) is 6.60. The van der Waals surface area contributed by atoms with Crippen molar-refractivity contribution in [1.29, 1.82) is 0 Å². The SMILES string of the molecule is Fc1cccnc1C1C=C2CN(Cc3ccccc3)CCN2N1. The third kappa shape index (κ3) is 2.98. The minimum absolute atomic E-state index is 0.178. The second-order valence-electron chi connectivity index (χ2n) is 5.98. The molecule has 2 aliphatic heterocycles. The Bertz CT molecular complexity index is 716. The van der Waals surface area contributed by atoms with Gasteiger partial charge in [0.25, 0.3) is 0 Å². The molecule has 23 heavy (non-hydrogen) atoms. The first kappa shape index (κ1) is 14.4. The monoisotopic (exact) mass is 310 g/mol. The minimum atomic E-state index is -0.261. The van der Waals surface area contributed by atoms with Gasteiger partial charge in [0.05, 0.1) is 11.7 Å². The van der Waals surface area contributed by atoms with Crippen LogP contribution in [-0.4, -0.2) is 34.5 Å². The maximum atomic E-state index is 13.9. The molecular formula is C18H19FN4. The molecule has 0 spiro atoms. The topological polar surface area (TPSA) is 31.4 Å². The van der Waals surface area contributed by atoms with Crippen LogP contribution in [0.1, 0.15) is 17.3 Å². The van der Waals surface area contributed by atoms with E-state index in [0.29, 0.717) is 5.69 Å². The highest BCUT2D eigenvalue weighted by Gasteiger charge is 2.30. The highest BCUT2D eigenvalue weighted by atomic mass is 19.1. The molecule has 0 bridgehead atoms. The zero-order valence-corrected chi connectivity index (χ0v) is 12.8. The fraction of sp³-hybridized carbons (Fsp3) is 0.278. The Balaban J connectivity index is 1.48. The van der Waals surface area contributed by atoms with Gasteiger partial charge in [-0.3, -0.25) is 9.88 Å². The molecule has 1 aromatic heterocycles. The molecule has 2 aromatic rings. The van der Waals surface area contributed by atoms with Gasteiger partial charge in [-0.1, -0.05) is 30.3 Å². The molecule has 0 amide bonds. The number of halogens is 1. The Kier molecular flexibility index (Phi) is 3.81. The Morgan fingerprint density at radius 3 is 2.83 bits per heavy atom. The number of aromatic nitrogens is 1. The second-order valence-corrected chi connectivity index (χ2v) is 5.98. The van der Waals surface area contributed by atoms with E-state index in [1.165, 1.54) is 17.3 Å². The summed E-state index contributed by atoms with van der Waals surface area (Å²) in [5.74, 6) is -0.261. The van der Waals surface area contributed by atoms with Crippen LogP contribution in [0.4, 0.5) is 4.39 Å². The summed E-state index contributed by atoms with van der Waals surface area (Å²) in [6.45, 7) is 3.68. The molecule has 0 radical (unpaired) electrons. The van der Waals surface area contributed by atoms with Crippen molar-refractivity contribution in [3.05, 3.63) is 77.5 Å². The predicted octanol–water partition coefficient (Wildman–Crippen LogP) is 2.48. The summed E-state index contributed by atoms with van der Waals surface area (Å²) in [7, 11) is 0. The molecular weight excluding hydrogens is 291 g/mol. The van der Waals surface area contributed by atoms with E-state index in [4.69, 9.17) is 0 Å². The van der Waals surface area contributed by atoms with E-state index >= 15 is 0 Å². The van der Waals surface area contributed by atoms with Gasteiger partial charge >= 0.3 is 0 Å². The minimum Gasteiger partial charge on any atom is -0.309 e. The molecule has 4 nitrogen and oxygen atoms in total. The summed E-state index contributed by atoms with van der Waals surface area (Å²) in [6.07, 6.45) is 3.72. The van der Waals surface area contributed by atoms with Crippen molar-refractivity contribution in [3.63, 3.8) is 0 Å². The van der Waals surface area contributed by atoms with Crippen LogP contribution >= 0.6 is 0 Å². The lowest BCUT2D eigenvalue weighted by Crippen LogP contribution is -2.47. The number of piperazine rings is 1. The lowest BCUT2D eigenvalue weighted by atomic mass is 10.1. The van der Waals surface area contributed by atoms with Crippen molar-refractivity contribution in [2.45, 2.75) is 12.6 Å². The van der Waals surface area contributed by atoms with E-state index in [1.54, 1.807) is 12.3 Å². The molecule has 3 heterocycles. The molecule has 1 fully saturated rings. The molecule has 0 saturated carbocycles. The number of hydrogen-bond acceptors (Lipinski definition) is 4. The lowest BCUT2D eigenvalue weighted by Gasteiger charge is -2.35. The van der Waals surface area contributed by atoms with Gasteiger partial charge in [-0.25, -0.2) is 9.82 Å². The van der Waals surface area contributed by atoms with Crippen molar-refractivity contribution in [1.82, 2.24) is 20.3 Å². The van der Waals surface area contributed by atoms with E-state index in [0.717, 1.165) is 26.2 Å². The van der Waals surface area contributed by atoms with Crippen LogP contribution in [0.15, 0.2) is 60.4 Å². The van der Waals surface area contributed by atoms with Crippen LogP contribution in [0.25, 0.3) is 0 Å². The van der Waals surface area contributed by atoms with E-state index in [9.17, 15) is 4.39 Å². The van der Waals surface area contributed by atoms with Gasteiger partial charge in [-0.15, -0.1) is 0 Å². The molecule has 2 aliphatic rings. The average molecular weight is 310 g/mol. The van der Waals surface area contributed by atoms with Gasteiger partial charge in [0.15, 0.2) is 0 Å². The smallest absolute Gasteiger partial charge is 0.146 e. The largest absolute Gasteiger partial charge is 0.309 e. The number of nitrogens with one attached hydrogen (secondary N) is 1. The molecule has 1 unspecified atom stereocenters. The second kappa shape index (κ2) is 6.10. The number of hydrogen-bond donors (Lipinski definition) is 1. The summed E-state index contributed by atoms with van der Waals surface area (Å²) in [6, 6.07) is 13.4. The molecule has 1 N–H and O–H groups in total. The van der Waals surface area contributed by atoms with Crippen molar-refractivity contribution in [3.8, 4) is 0 Å². The summed E-state index contributed by atoms with van der Waals surface area (Å²) in [5, 5.41) is 2.13. The number of hydrazine groups is 1. The van der Waals surface area contributed by atoms with Crippen LogP contribution in [-0.2, 0) is 6.54 Å². The Hall–Kier alpha value is -2.24. The van der Waals surface area contributed by atoms with Crippen LogP contribution < -0.4 is 5.43 Å². The van der Waals surface area contributed by atoms with E-state index in [2.05, 4.69) is 50.7 Å². The Morgan fingerprint density at radius 2 is 2.00 bits per heavy atom. The first-order chi connectivity index (χ1) is 11.3. The van der Waals surface area contributed by atoms with Crippen molar-refractivity contribution >= 4 is 0 Å². The summed E-state index contributed by atoms with van der Waals surface area (Å²) >= 11 is 0. The summed E-state index contributed by atoms with van der Waals surface area (Å²) in [5.41, 5.74) is 6.32. The molecule has 1 saturated heterocycles. The number of benzene rings is 1. The average Bonchev–Trinajstić information content (AvgIpc) is 2.99. The highest BCUT2D eigenvalue weighted by molar-refractivity contribution is 5.25. The van der Waals surface area contributed by atoms with E-state index in [1.807, 2.05) is 6.07 Å². The van der Waals surface area contributed by atoms with Crippen LogP contribution in [0.2, 0.25) is 0 Å². The van der Waals surface area contributed by atoms with Gasteiger partial charge in [0, 0.05) is 38.1 Å². The first-order valence-electron chi connectivity index (χ1n) is 7.91. The Morgan fingerprint density at radius 1 is 1.13 bits per heavy atom. The van der Waals surface area contributed by atoms with Crippen molar-refractivity contribution < 1.29 is 4.39 Å². The van der Waals surface area contributed by atoms with Gasteiger partial charge in [-0.05, 0) is 23.8 Å². The number of pyridine rings is 1. The third-order valence-corrected chi connectivity index (χ3v) is 4.36. The number of nitrogens with zero attached hydrogens (tertiary/aromatic N) is 3. The zero-order valence-electron chi connectivity index (χ0n) is 12.8. The standard InChI is InChI=1S/C18H19FN4/c19-16-7-4-8-20-18(16)17-11-15-13-22(9-10-23(15)21-17)12-14-5-2-1-3-6-14/h1-8,11,17,21H,9-10,12-13H2. The lowest BCUT2D eigenvalue weighted by molar-refractivity contribution is 0.139. The molecule has 5 heteroatoms. The fourth-order valence-electron chi connectivity index (χ4n) is 3.21.